The highest BCUT2D eigenvalue weighted by atomic mass is 16.5. The van der Waals surface area contributed by atoms with Gasteiger partial charge in [-0.25, -0.2) is 0 Å². The van der Waals surface area contributed by atoms with E-state index in [1.807, 2.05) is 54.6 Å². The Labute approximate surface area is 199 Å². The van der Waals surface area contributed by atoms with Gasteiger partial charge in [0.1, 0.15) is 12.4 Å². The van der Waals surface area contributed by atoms with Crippen molar-refractivity contribution >= 4 is 10.9 Å². The summed E-state index contributed by atoms with van der Waals surface area (Å²) in [5.41, 5.74) is 4.98. The van der Waals surface area contributed by atoms with Gasteiger partial charge in [0, 0.05) is 44.7 Å². The van der Waals surface area contributed by atoms with Gasteiger partial charge in [0.25, 0.3) is 5.56 Å². The molecule has 2 heterocycles. The number of ether oxygens (including phenoxy) is 3. The van der Waals surface area contributed by atoms with E-state index in [4.69, 9.17) is 14.2 Å². The van der Waals surface area contributed by atoms with Crippen molar-refractivity contribution in [2.75, 3.05) is 13.7 Å². The fourth-order valence-corrected chi connectivity index (χ4v) is 4.64. The Morgan fingerprint density at radius 1 is 1.00 bits per heavy atom. The lowest BCUT2D eigenvalue weighted by Crippen LogP contribution is -2.25. The van der Waals surface area contributed by atoms with Crippen LogP contribution in [0.5, 0.6) is 5.75 Å². The fourth-order valence-electron chi connectivity index (χ4n) is 4.64. The van der Waals surface area contributed by atoms with Gasteiger partial charge < -0.3 is 18.8 Å². The Kier molecular flexibility index (Phi) is 6.48. The molecule has 1 fully saturated rings. The molecule has 0 saturated carbocycles. The molecule has 34 heavy (non-hydrogen) atoms. The molecule has 0 aliphatic carbocycles. The van der Waals surface area contributed by atoms with Gasteiger partial charge in [-0.1, -0.05) is 48.5 Å². The lowest BCUT2D eigenvalue weighted by Gasteiger charge is -2.29. The quantitative estimate of drug-likeness (QED) is 0.377. The summed E-state index contributed by atoms with van der Waals surface area (Å²) in [4.78, 5) is 12.7. The van der Waals surface area contributed by atoms with E-state index in [1.165, 1.54) is 0 Å². The first kappa shape index (κ1) is 22.4. The van der Waals surface area contributed by atoms with Crippen LogP contribution in [0, 0.1) is 0 Å². The van der Waals surface area contributed by atoms with E-state index >= 15 is 0 Å². The molecule has 5 rings (SSSR count). The van der Waals surface area contributed by atoms with Gasteiger partial charge in [-0.2, -0.15) is 0 Å². The van der Waals surface area contributed by atoms with Gasteiger partial charge in [0.05, 0.1) is 17.7 Å². The first-order valence-corrected chi connectivity index (χ1v) is 11.7. The summed E-state index contributed by atoms with van der Waals surface area (Å²) in [6.07, 6.45) is 2.09. The maximum Gasteiger partial charge on any atom is 0.251 e. The molecule has 1 aliphatic rings. The van der Waals surface area contributed by atoms with Crippen molar-refractivity contribution in [3.05, 3.63) is 100 Å². The van der Waals surface area contributed by atoms with E-state index < -0.39 is 0 Å². The van der Waals surface area contributed by atoms with Crippen LogP contribution in [0.4, 0.5) is 0 Å². The summed E-state index contributed by atoms with van der Waals surface area (Å²) in [6, 6.07) is 26.0. The van der Waals surface area contributed by atoms with Gasteiger partial charge in [-0.05, 0) is 46.9 Å². The maximum absolute atomic E-state index is 12.7. The molecule has 174 valence electrons. The summed E-state index contributed by atoms with van der Waals surface area (Å²) < 4.78 is 19.3. The second-order valence-electron chi connectivity index (χ2n) is 8.78. The van der Waals surface area contributed by atoms with E-state index in [0.29, 0.717) is 13.2 Å². The van der Waals surface area contributed by atoms with Gasteiger partial charge in [-0.3, -0.25) is 4.79 Å². The zero-order valence-electron chi connectivity index (χ0n) is 19.6. The molecule has 0 amide bonds. The summed E-state index contributed by atoms with van der Waals surface area (Å²) in [7, 11) is 3.56. The molecule has 2 unspecified atom stereocenters. The van der Waals surface area contributed by atoms with Crippen molar-refractivity contribution in [3.8, 4) is 16.9 Å². The van der Waals surface area contributed by atoms with Crippen LogP contribution in [-0.2, 0) is 23.1 Å². The highest BCUT2D eigenvalue weighted by Crippen LogP contribution is 2.31. The second kappa shape index (κ2) is 9.84. The first-order chi connectivity index (χ1) is 16.6. The van der Waals surface area contributed by atoms with Gasteiger partial charge in [0.2, 0.25) is 0 Å². The lowest BCUT2D eigenvalue weighted by molar-refractivity contribution is -0.0599. The largest absolute Gasteiger partial charge is 0.489 e. The Balaban J connectivity index is 1.38. The van der Waals surface area contributed by atoms with Crippen LogP contribution >= 0.6 is 0 Å². The zero-order valence-corrected chi connectivity index (χ0v) is 19.6. The highest BCUT2D eigenvalue weighted by molar-refractivity contribution is 5.95. The molecule has 2 atom stereocenters. The van der Waals surface area contributed by atoms with E-state index in [1.54, 1.807) is 24.8 Å². The molecule has 3 aromatic carbocycles. The molecule has 0 spiro atoms. The number of nitrogens with zero attached hydrogens (tertiary/aromatic N) is 1. The standard InChI is InChI=1S/C29H29NO4/c1-30-27-16-24(11-12-25(27)26(18-29(30)31)21-8-4-3-5-9-21)34-19-20-7-6-10-22(15-20)28-17-23(32-2)13-14-33-28/h3-12,15-16,18,23,28H,13-14,17,19H2,1-2H3. The summed E-state index contributed by atoms with van der Waals surface area (Å²) >= 11 is 0. The number of fused-ring (bicyclic) bond motifs is 1. The van der Waals surface area contributed by atoms with Crippen LogP contribution in [0.25, 0.3) is 22.0 Å². The Morgan fingerprint density at radius 3 is 2.68 bits per heavy atom. The van der Waals surface area contributed by atoms with Crippen molar-refractivity contribution in [3.63, 3.8) is 0 Å². The molecule has 1 saturated heterocycles. The molecule has 0 bridgehead atoms. The molecule has 1 aromatic heterocycles. The van der Waals surface area contributed by atoms with E-state index in [2.05, 4.69) is 18.2 Å². The molecule has 0 N–H and O–H groups in total. The third kappa shape index (κ3) is 4.63. The molecule has 0 radical (unpaired) electrons. The Hall–Kier alpha value is -3.41. The predicted molar refractivity (Wildman–Crippen MR) is 134 cm³/mol. The average molecular weight is 456 g/mol. The average Bonchev–Trinajstić information content (AvgIpc) is 2.90. The molecule has 5 nitrogen and oxygen atoms in total. The Bertz CT molecular complexity index is 1350. The number of aryl methyl sites for hydroxylation is 1. The summed E-state index contributed by atoms with van der Waals surface area (Å²) in [5, 5.41) is 1.02. The van der Waals surface area contributed by atoms with Crippen LogP contribution in [-0.4, -0.2) is 24.4 Å². The summed E-state index contributed by atoms with van der Waals surface area (Å²) in [6.45, 7) is 1.15. The third-order valence-electron chi connectivity index (χ3n) is 6.60. The predicted octanol–water partition coefficient (Wildman–Crippen LogP) is 5.65. The van der Waals surface area contributed by atoms with Crippen molar-refractivity contribution < 1.29 is 14.2 Å². The normalized spacial score (nSPS) is 18.2. The Morgan fingerprint density at radius 2 is 1.85 bits per heavy atom. The number of rotatable bonds is 6. The minimum atomic E-state index is -0.0435. The molecular weight excluding hydrogens is 426 g/mol. The molecular formula is C29H29NO4. The number of pyridine rings is 1. The highest BCUT2D eigenvalue weighted by Gasteiger charge is 2.23. The lowest BCUT2D eigenvalue weighted by atomic mass is 9.98. The number of hydrogen-bond donors (Lipinski definition) is 0. The van der Waals surface area contributed by atoms with Crippen molar-refractivity contribution in [2.24, 2.45) is 7.05 Å². The van der Waals surface area contributed by atoms with Gasteiger partial charge in [-0.15, -0.1) is 0 Å². The van der Waals surface area contributed by atoms with Crippen molar-refractivity contribution in [1.82, 2.24) is 4.57 Å². The monoisotopic (exact) mass is 455 g/mol. The maximum atomic E-state index is 12.7. The third-order valence-corrected chi connectivity index (χ3v) is 6.60. The van der Waals surface area contributed by atoms with Crippen LogP contribution in [0.15, 0.2) is 83.7 Å². The number of methoxy groups -OCH3 is 1. The van der Waals surface area contributed by atoms with Crippen LogP contribution in [0.1, 0.15) is 30.1 Å². The van der Waals surface area contributed by atoms with E-state index in [-0.39, 0.29) is 17.8 Å². The SMILES string of the molecule is COC1CCOC(c2cccc(COc3ccc4c(-c5ccccc5)cc(=O)n(C)c4c3)c2)C1. The van der Waals surface area contributed by atoms with Crippen molar-refractivity contribution in [2.45, 2.75) is 31.7 Å². The van der Waals surface area contributed by atoms with Crippen LogP contribution < -0.4 is 10.3 Å². The minimum Gasteiger partial charge on any atom is -0.489 e. The number of aromatic nitrogens is 1. The second-order valence-corrected chi connectivity index (χ2v) is 8.78. The minimum absolute atomic E-state index is 0.0435. The molecule has 4 aromatic rings. The summed E-state index contributed by atoms with van der Waals surface area (Å²) in [5.74, 6) is 0.728. The number of hydrogen-bond acceptors (Lipinski definition) is 4. The van der Waals surface area contributed by atoms with Crippen LogP contribution in [0.3, 0.4) is 0 Å². The van der Waals surface area contributed by atoms with E-state index in [9.17, 15) is 4.79 Å². The fraction of sp³-hybridized carbons (Fsp3) is 0.276. The van der Waals surface area contributed by atoms with Gasteiger partial charge >= 0.3 is 0 Å². The van der Waals surface area contributed by atoms with Gasteiger partial charge in [0.15, 0.2) is 0 Å². The van der Waals surface area contributed by atoms with Crippen molar-refractivity contribution in [1.29, 1.82) is 0 Å². The first-order valence-electron chi connectivity index (χ1n) is 11.7. The molecule has 5 heteroatoms. The van der Waals surface area contributed by atoms with Crippen LogP contribution in [0.2, 0.25) is 0 Å². The molecule has 1 aliphatic heterocycles. The topological polar surface area (TPSA) is 49.7 Å². The number of benzene rings is 3. The van der Waals surface area contributed by atoms with E-state index in [0.717, 1.165) is 51.7 Å². The smallest absolute Gasteiger partial charge is 0.251 e. The zero-order chi connectivity index (χ0) is 23.5.